The van der Waals surface area contributed by atoms with Crippen LogP contribution in [0.15, 0.2) is 42.5 Å². The maximum Gasteiger partial charge on any atom is 0.244 e. The molecule has 8 heteroatoms. The van der Waals surface area contributed by atoms with E-state index in [1.54, 1.807) is 30.3 Å². The number of thioether (sulfide) groups is 1. The van der Waals surface area contributed by atoms with Crippen molar-refractivity contribution in [2.45, 2.75) is 6.92 Å². The molecule has 1 heterocycles. The SMILES string of the molecule is CCOc1ccc(Oc2ccc(Cl)cc2NC(=O)CN2CSCC2=O)cc1. The average Bonchev–Trinajstić information content (AvgIpc) is 3.04. The molecule has 0 radical (unpaired) electrons. The Morgan fingerprint density at radius 1 is 1.22 bits per heavy atom. The fraction of sp³-hybridized carbons (Fsp3) is 0.263. The number of rotatable bonds is 7. The van der Waals surface area contributed by atoms with Gasteiger partial charge in [-0.15, -0.1) is 11.8 Å². The molecule has 1 N–H and O–H groups in total. The van der Waals surface area contributed by atoms with E-state index in [9.17, 15) is 9.59 Å². The molecule has 1 saturated heterocycles. The van der Waals surface area contributed by atoms with Crippen LogP contribution in [0.5, 0.6) is 17.2 Å². The zero-order valence-electron chi connectivity index (χ0n) is 14.7. The summed E-state index contributed by atoms with van der Waals surface area (Å²) in [6.45, 7) is 2.51. The van der Waals surface area contributed by atoms with Gasteiger partial charge in [-0.05, 0) is 49.4 Å². The first kappa shape index (κ1) is 19.4. The van der Waals surface area contributed by atoms with Crippen molar-refractivity contribution in [3.63, 3.8) is 0 Å². The lowest BCUT2D eigenvalue weighted by atomic mass is 10.2. The normalized spacial score (nSPS) is 13.6. The summed E-state index contributed by atoms with van der Waals surface area (Å²) in [7, 11) is 0. The van der Waals surface area contributed by atoms with Gasteiger partial charge in [0.2, 0.25) is 11.8 Å². The van der Waals surface area contributed by atoms with E-state index in [1.165, 1.54) is 16.7 Å². The van der Waals surface area contributed by atoms with Gasteiger partial charge in [-0.2, -0.15) is 0 Å². The molecule has 0 aliphatic carbocycles. The van der Waals surface area contributed by atoms with Crippen molar-refractivity contribution in [2.24, 2.45) is 0 Å². The molecule has 2 aromatic rings. The summed E-state index contributed by atoms with van der Waals surface area (Å²) >= 11 is 7.55. The van der Waals surface area contributed by atoms with Crippen molar-refractivity contribution < 1.29 is 19.1 Å². The van der Waals surface area contributed by atoms with Gasteiger partial charge in [0.25, 0.3) is 0 Å². The van der Waals surface area contributed by atoms with Crippen LogP contribution in [0.3, 0.4) is 0 Å². The lowest BCUT2D eigenvalue weighted by Crippen LogP contribution is -2.34. The minimum atomic E-state index is -0.301. The Labute approximate surface area is 166 Å². The van der Waals surface area contributed by atoms with Crippen LogP contribution in [0.1, 0.15) is 6.92 Å². The molecule has 1 aliphatic heterocycles. The second-order valence-electron chi connectivity index (χ2n) is 5.76. The number of nitrogens with zero attached hydrogens (tertiary/aromatic N) is 1. The zero-order valence-corrected chi connectivity index (χ0v) is 16.3. The van der Waals surface area contributed by atoms with Crippen molar-refractivity contribution in [2.75, 3.05) is 30.1 Å². The Kier molecular flexibility index (Phi) is 6.47. The molecule has 0 atom stereocenters. The summed E-state index contributed by atoms with van der Waals surface area (Å²) in [5.41, 5.74) is 0.445. The van der Waals surface area contributed by atoms with Crippen molar-refractivity contribution in [1.29, 1.82) is 0 Å². The van der Waals surface area contributed by atoms with Crippen LogP contribution in [-0.2, 0) is 9.59 Å². The minimum absolute atomic E-state index is 0.000834. The quantitative estimate of drug-likeness (QED) is 0.752. The molecule has 2 aromatic carbocycles. The summed E-state index contributed by atoms with van der Waals surface area (Å²) in [4.78, 5) is 25.5. The van der Waals surface area contributed by atoms with E-state index in [2.05, 4.69) is 5.32 Å². The molecule has 0 saturated carbocycles. The van der Waals surface area contributed by atoms with Crippen LogP contribution in [0, 0.1) is 0 Å². The topological polar surface area (TPSA) is 67.9 Å². The lowest BCUT2D eigenvalue weighted by molar-refractivity contribution is -0.130. The molecule has 6 nitrogen and oxygen atoms in total. The van der Waals surface area contributed by atoms with Gasteiger partial charge in [-0.3, -0.25) is 9.59 Å². The summed E-state index contributed by atoms with van der Waals surface area (Å²) < 4.78 is 11.3. The van der Waals surface area contributed by atoms with Gasteiger partial charge in [-0.25, -0.2) is 0 Å². The van der Waals surface area contributed by atoms with E-state index in [0.29, 0.717) is 40.4 Å². The van der Waals surface area contributed by atoms with Gasteiger partial charge < -0.3 is 19.7 Å². The summed E-state index contributed by atoms with van der Waals surface area (Å²) in [6, 6.07) is 12.2. The van der Waals surface area contributed by atoms with Crippen LogP contribution >= 0.6 is 23.4 Å². The molecule has 2 amide bonds. The van der Waals surface area contributed by atoms with E-state index >= 15 is 0 Å². The Balaban J connectivity index is 1.70. The van der Waals surface area contributed by atoms with Gasteiger partial charge in [0.15, 0.2) is 5.75 Å². The number of anilines is 1. The standard InChI is InChI=1S/C19H19ClN2O4S/c1-2-25-14-4-6-15(7-5-14)26-17-8-3-13(20)9-16(17)21-18(23)10-22-12-27-11-19(22)24/h3-9H,2,10-12H2,1H3,(H,21,23). The Morgan fingerprint density at radius 3 is 2.63 bits per heavy atom. The predicted molar refractivity (Wildman–Crippen MR) is 107 cm³/mol. The Morgan fingerprint density at radius 2 is 1.96 bits per heavy atom. The molecule has 1 fully saturated rings. The van der Waals surface area contributed by atoms with Crippen molar-refractivity contribution in [1.82, 2.24) is 4.90 Å². The van der Waals surface area contributed by atoms with Crippen LogP contribution < -0.4 is 14.8 Å². The Hall–Kier alpha value is -2.38. The van der Waals surface area contributed by atoms with Crippen LogP contribution in [-0.4, -0.2) is 41.5 Å². The van der Waals surface area contributed by atoms with Crippen LogP contribution in [0.2, 0.25) is 5.02 Å². The highest BCUT2D eigenvalue weighted by Gasteiger charge is 2.23. The van der Waals surface area contributed by atoms with Crippen LogP contribution in [0.25, 0.3) is 0 Å². The number of halogens is 1. The van der Waals surface area contributed by atoms with Gasteiger partial charge in [0.05, 0.1) is 23.9 Å². The number of hydrogen-bond acceptors (Lipinski definition) is 5. The maximum absolute atomic E-state index is 12.3. The number of benzene rings is 2. The first-order chi connectivity index (χ1) is 13.0. The Bertz CT molecular complexity index is 829. The highest BCUT2D eigenvalue weighted by Crippen LogP contribution is 2.33. The molecule has 0 aromatic heterocycles. The molecule has 0 unspecified atom stereocenters. The van der Waals surface area contributed by atoms with Gasteiger partial charge in [-0.1, -0.05) is 11.6 Å². The molecule has 1 aliphatic rings. The van der Waals surface area contributed by atoms with E-state index in [-0.39, 0.29) is 18.4 Å². The fourth-order valence-corrected chi connectivity index (χ4v) is 3.57. The summed E-state index contributed by atoms with van der Waals surface area (Å²) in [5, 5.41) is 3.24. The first-order valence-corrected chi connectivity index (χ1v) is 9.94. The zero-order chi connectivity index (χ0) is 19.2. The van der Waals surface area contributed by atoms with Gasteiger partial charge in [0.1, 0.15) is 18.0 Å². The lowest BCUT2D eigenvalue weighted by Gasteiger charge is -2.16. The number of ether oxygens (including phenoxy) is 2. The molecule has 0 bridgehead atoms. The molecular formula is C19H19ClN2O4S. The van der Waals surface area contributed by atoms with E-state index in [4.69, 9.17) is 21.1 Å². The number of carbonyl (C=O) groups is 2. The number of carbonyl (C=O) groups excluding carboxylic acids is 2. The molecule has 142 valence electrons. The summed E-state index contributed by atoms with van der Waals surface area (Å²) in [6.07, 6.45) is 0. The smallest absolute Gasteiger partial charge is 0.244 e. The van der Waals surface area contributed by atoms with E-state index in [0.717, 1.165) is 5.75 Å². The second kappa shape index (κ2) is 9.01. The third kappa shape index (κ3) is 5.30. The second-order valence-corrected chi connectivity index (χ2v) is 7.16. The summed E-state index contributed by atoms with van der Waals surface area (Å²) in [5.74, 6) is 2.41. The average molecular weight is 407 g/mol. The molecular weight excluding hydrogens is 388 g/mol. The monoisotopic (exact) mass is 406 g/mol. The minimum Gasteiger partial charge on any atom is -0.494 e. The van der Waals surface area contributed by atoms with E-state index in [1.807, 2.05) is 19.1 Å². The highest BCUT2D eigenvalue weighted by molar-refractivity contribution is 8.00. The molecule has 3 rings (SSSR count). The number of amides is 2. The largest absolute Gasteiger partial charge is 0.494 e. The number of nitrogens with one attached hydrogen (secondary N) is 1. The van der Waals surface area contributed by atoms with Crippen LogP contribution in [0.4, 0.5) is 5.69 Å². The van der Waals surface area contributed by atoms with Crippen molar-refractivity contribution >= 4 is 40.9 Å². The van der Waals surface area contributed by atoms with E-state index < -0.39 is 0 Å². The first-order valence-electron chi connectivity index (χ1n) is 8.41. The third-order valence-corrected chi connectivity index (χ3v) is 4.92. The van der Waals surface area contributed by atoms with Gasteiger partial charge >= 0.3 is 0 Å². The molecule has 27 heavy (non-hydrogen) atoms. The third-order valence-electron chi connectivity index (χ3n) is 3.74. The van der Waals surface area contributed by atoms with Crippen molar-refractivity contribution in [3.05, 3.63) is 47.5 Å². The van der Waals surface area contributed by atoms with Crippen molar-refractivity contribution in [3.8, 4) is 17.2 Å². The molecule has 0 spiro atoms. The maximum atomic E-state index is 12.3. The number of hydrogen-bond donors (Lipinski definition) is 1. The fourth-order valence-electron chi connectivity index (χ4n) is 2.49. The predicted octanol–water partition coefficient (Wildman–Crippen LogP) is 4.00. The van der Waals surface area contributed by atoms with Gasteiger partial charge in [0, 0.05) is 5.02 Å². The highest BCUT2D eigenvalue weighted by atomic mass is 35.5.